The van der Waals surface area contributed by atoms with Crippen LogP contribution in [0.2, 0.25) is 0 Å². The number of aliphatic imine (C=N–C) groups is 1. The molecule has 0 amide bonds. The smallest absolute Gasteiger partial charge is 0.215 e. The summed E-state index contributed by atoms with van der Waals surface area (Å²) in [6.45, 7) is 8.81. The summed E-state index contributed by atoms with van der Waals surface area (Å²) < 4.78 is 31.5. The fourth-order valence-corrected chi connectivity index (χ4v) is 5.10. The fourth-order valence-electron chi connectivity index (χ4n) is 3.70. The maximum Gasteiger partial charge on any atom is 0.215 e. The van der Waals surface area contributed by atoms with E-state index in [4.69, 9.17) is 4.74 Å². The molecule has 2 heterocycles. The van der Waals surface area contributed by atoms with Crippen LogP contribution in [0, 0.1) is 5.41 Å². The van der Waals surface area contributed by atoms with Crippen molar-refractivity contribution >= 4 is 16.0 Å². The van der Waals surface area contributed by atoms with Crippen LogP contribution < -0.4 is 5.32 Å². The van der Waals surface area contributed by atoms with Gasteiger partial charge < -0.3 is 15.0 Å². The largest absolute Gasteiger partial charge is 0.381 e. The van der Waals surface area contributed by atoms with Gasteiger partial charge in [-0.2, -0.15) is 0 Å². The highest BCUT2D eigenvalue weighted by molar-refractivity contribution is 7.89. The number of ether oxygens (including phenoxy) is 1. The molecule has 8 heteroatoms. The molecule has 1 spiro atoms. The van der Waals surface area contributed by atoms with E-state index in [1.54, 1.807) is 7.05 Å². The van der Waals surface area contributed by atoms with Gasteiger partial charge in [-0.1, -0.05) is 13.8 Å². The van der Waals surface area contributed by atoms with Crippen molar-refractivity contribution in [3.63, 3.8) is 0 Å². The average Bonchev–Trinajstić information content (AvgIpc) is 2.96. The summed E-state index contributed by atoms with van der Waals surface area (Å²) in [4.78, 5) is 6.60. The second-order valence-electron chi connectivity index (χ2n) is 6.66. The zero-order valence-electron chi connectivity index (χ0n) is 15.3. The molecule has 0 aromatic rings. The quantitative estimate of drug-likeness (QED) is 0.558. The van der Waals surface area contributed by atoms with Crippen LogP contribution in [-0.4, -0.2) is 82.3 Å². The molecule has 0 atom stereocenters. The number of rotatable bonds is 6. The van der Waals surface area contributed by atoms with Crippen molar-refractivity contribution in [2.45, 2.75) is 33.1 Å². The van der Waals surface area contributed by atoms with E-state index >= 15 is 0 Å². The molecule has 7 nitrogen and oxygen atoms in total. The molecule has 0 unspecified atom stereocenters. The molecule has 0 radical (unpaired) electrons. The first kappa shape index (κ1) is 19.5. The van der Waals surface area contributed by atoms with Crippen molar-refractivity contribution < 1.29 is 13.2 Å². The normalized spacial score (nSPS) is 21.7. The number of hydrogen-bond acceptors (Lipinski definition) is 4. The van der Waals surface area contributed by atoms with Crippen LogP contribution in [0.25, 0.3) is 0 Å². The van der Waals surface area contributed by atoms with Crippen LogP contribution in [0.5, 0.6) is 0 Å². The Labute approximate surface area is 146 Å². The summed E-state index contributed by atoms with van der Waals surface area (Å²) in [6.07, 6.45) is 3.38. The molecule has 0 aliphatic carbocycles. The van der Waals surface area contributed by atoms with Crippen molar-refractivity contribution in [2.75, 3.05) is 58.7 Å². The lowest BCUT2D eigenvalue weighted by molar-refractivity contribution is 0.0218. The fraction of sp³-hybridized carbons (Fsp3) is 0.938. The van der Waals surface area contributed by atoms with Gasteiger partial charge in [-0.05, 0) is 24.7 Å². The Balaban J connectivity index is 1.85. The SMILES string of the molecule is CCN(CC)S(=O)(=O)CCNC(=NC)N1CCC2(CCOCC2)C1. The standard InChI is InChI=1S/C16H32N4O3S/c1-4-20(5-2)24(21,22)13-9-18-15(17-3)19-10-6-16(14-19)7-11-23-12-8-16/h4-14H2,1-3H3,(H,17,18). The van der Waals surface area contributed by atoms with Crippen LogP contribution >= 0.6 is 0 Å². The number of nitrogens with one attached hydrogen (secondary N) is 1. The van der Waals surface area contributed by atoms with Crippen LogP contribution in [0.3, 0.4) is 0 Å². The summed E-state index contributed by atoms with van der Waals surface area (Å²) >= 11 is 0. The zero-order chi connectivity index (χ0) is 17.6. The van der Waals surface area contributed by atoms with Crippen molar-refractivity contribution in [3.05, 3.63) is 0 Å². The van der Waals surface area contributed by atoms with Crippen LogP contribution in [0.4, 0.5) is 0 Å². The van der Waals surface area contributed by atoms with E-state index in [1.165, 1.54) is 4.31 Å². The number of sulfonamides is 1. The molecule has 140 valence electrons. The summed E-state index contributed by atoms with van der Waals surface area (Å²) in [6, 6.07) is 0. The Bertz CT molecular complexity index is 525. The maximum absolute atomic E-state index is 12.2. The van der Waals surface area contributed by atoms with E-state index in [-0.39, 0.29) is 5.75 Å². The Morgan fingerprint density at radius 3 is 2.50 bits per heavy atom. The minimum absolute atomic E-state index is 0.0977. The Kier molecular flexibility index (Phi) is 6.88. The third kappa shape index (κ3) is 4.61. The molecule has 0 saturated carbocycles. The number of likely N-dealkylation sites (tertiary alicyclic amines) is 1. The Hall–Kier alpha value is -0.860. The third-order valence-corrected chi connectivity index (χ3v) is 7.27. The average molecular weight is 361 g/mol. The Morgan fingerprint density at radius 2 is 1.92 bits per heavy atom. The van der Waals surface area contributed by atoms with Gasteiger partial charge in [-0.15, -0.1) is 0 Å². The van der Waals surface area contributed by atoms with E-state index in [0.717, 1.165) is 51.5 Å². The summed E-state index contributed by atoms with van der Waals surface area (Å²) in [5, 5.41) is 3.23. The van der Waals surface area contributed by atoms with E-state index in [1.807, 2.05) is 13.8 Å². The van der Waals surface area contributed by atoms with Crippen LogP contribution in [-0.2, 0) is 14.8 Å². The predicted octanol–water partition coefficient (Wildman–Crippen LogP) is 0.736. The maximum atomic E-state index is 12.2. The number of nitrogens with zero attached hydrogens (tertiary/aromatic N) is 3. The number of hydrogen-bond donors (Lipinski definition) is 1. The highest BCUT2D eigenvalue weighted by atomic mass is 32.2. The van der Waals surface area contributed by atoms with Gasteiger partial charge in [-0.25, -0.2) is 12.7 Å². The second kappa shape index (κ2) is 8.49. The molecule has 2 aliphatic rings. The molecule has 24 heavy (non-hydrogen) atoms. The lowest BCUT2D eigenvalue weighted by Crippen LogP contribution is -2.44. The molecule has 0 bridgehead atoms. The molecule has 2 rings (SSSR count). The van der Waals surface area contributed by atoms with E-state index in [9.17, 15) is 8.42 Å². The van der Waals surface area contributed by atoms with Gasteiger partial charge in [0.25, 0.3) is 0 Å². The molecular weight excluding hydrogens is 328 g/mol. The van der Waals surface area contributed by atoms with Gasteiger partial charge in [-0.3, -0.25) is 4.99 Å². The van der Waals surface area contributed by atoms with Gasteiger partial charge in [0, 0.05) is 53.0 Å². The lowest BCUT2D eigenvalue weighted by atomic mass is 9.80. The minimum Gasteiger partial charge on any atom is -0.381 e. The molecule has 2 saturated heterocycles. The molecule has 2 fully saturated rings. The topological polar surface area (TPSA) is 74.2 Å². The summed E-state index contributed by atoms with van der Waals surface area (Å²) in [5.74, 6) is 0.911. The van der Waals surface area contributed by atoms with Crippen LogP contribution in [0.15, 0.2) is 4.99 Å². The van der Waals surface area contributed by atoms with Gasteiger partial charge in [0.1, 0.15) is 0 Å². The first-order valence-corrected chi connectivity index (χ1v) is 10.6. The molecule has 1 N–H and O–H groups in total. The van der Waals surface area contributed by atoms with Gasteiger partial charge in [0.15, 0.2) is 5.96 Å². The minimum atomic E-state index is -3.20. The third-order valence-electron chi connectivity index (χ3n) is 5.25. The van der Waals surface area contributed by atoms with E-state index in [0.29, 0.717) is 25.0 Å². The van der Waals surface area contributed by atoms with Crippen molar-refractivity contribution in [1.82, 2.24) is 14.5 Å². The first-order valence-electron chi connectivity index (χ1n) is 8.97. The van der Waals surface area contributed by atoms with Gasteiger partial charge in [0.05, 0.1) is 5.75 Å². The zero-order valence-corrected chi connectivity index (χ0v) is 16.1. The molecule has 0 aromatic carbocycles. The summed E-state index contributed by atoms with van der Waals surface area (Å²) in [5.41, 5.74) is 0.350. The number of guanidine groups is 1. The first-order chi connectivity index (χ1) is 11.5. The highest BCUT2D eigenvalue weighted by Crippen LogP contribution is 2.39. The monoisotopic (exact) mass is 360 g/mol. The molecule has 0 aromatic heterocycles. The Morgan fingerprint density at radius 1 is 1.25 bits per heavy atom. The highest BCUT2D eigenvalue weighted by Gasteiger charge is 2.40. The van der Waals surface area contributed by atoms with E-state index < -0.39 is 10.0 Å². The van der Waals surface area contributed by atoms with Gasteiger partial charge in [0.2, 0.25) is 10.0 Å². The van der Waals surface area contributed by atoms with Gasteiger partial charge >= 0.3 is 0 Å². The van der Waals surface area contributed by atoms with Crippen molar-refractivity contribution in [1.29, 1.82) is 0 Å². The van der Waals surface area contributed by atoms with Crippen molar-refractivity contribution in [3.8, 4) is 0 Å². The molecule has 2 aliphatic heterocycles. The predicted molar refractivity (Wildman–Crippen MR) is 96.7 cm³/mol. The lowest BCUT2D eigenvalue weighted by Gasteiger charge is -2.33. The van der Waals surface area contributed by atoms with Crippen LogP contribution in [0.1, 0.15) is 33.1 Å². The van der Waals surface area contributed by atoms with E-state index in [2.05, 4.69) is 15.2 Å². The molecular formula is C16H32N4O3S. The summed E-state index contributed by atoms with van der Waals surface area (Å²) in [7, 11) is -1.44. The second-order valence-corrected chi connectivity index (χ2v) is 8.75. The van der Waals surface area contributed by atoms with Crippen molar-refractivity contribution in [2.24, 2.45) is 10.4 Å².